The number of hydrogen-bond donors (Lipinski definition) is 2. The Morgan fingerprint density at radius 2 is 2.21 bits per heavy atom. The van der Waals surface area contributed by atoms with Crippen molar-refractivity contribution in [1.82, 2.24) is 9.88 Å². The molecule has 0 fully saturated rings. The number of carboxylic acid groups (broad SMARTS) is 1. The Kier molecular flexibility index (Phi) is 5.91. The molecule has 0 atom stereocenters. The van der Waals surface area contributed by atoms with Crippen LogP contribution in [0.2, 0.25) is 0 Å². The molecule has 7 heteroatoms. The molecule has 1 aromatic rings. The van der Waals surface area contributed by atoms with Gasteiger partial charge in [0.2, 0.25) is 5.91 Å². The fraction of sp³-hybridized carbons (Fsp3) is 0.583. The summed E-state index contributed by atoms with van der Waals surface area (Å²) in [6.07, 6.45) is 0. The van der Waals surface area contributed by atoms with E-state index in [0.717, 1.165) is 5.69 Å². The molecule has 0 bridgehead atoms. The van der Waals surface area contributed by atoms with E-state index in [0.29, 0.717) is 24.1 Å². The summed E-state index contributed by atoms with van der Waals surface area (Å²) >= 11 is 1.34. The van der Waals surface area contributed by atoms with E-state index in [4.69, 9.17) is 5.11 Å². The molecular formula is C12H19N3O3S. The van der Waals surface area contributed by atoms with Gasteiger partial charge in [-0.1, -0.05) is 13.8 Å². The minimum absolute atomic E-state index is 0.00875. The van der Waals surface area contributed by atoms with Crippen molar-refractivity contribution in [3.05, 3.63) is 11.1 Å². The molecule has 0 saturated carbocycles. The van der Waals surface area contributed by atoms with Gasteiger partial charge in [0, 0.05) is 25.4 Å². The molecule has 1 heterocycles. The number of carbonyl (C=O) groups excluding carboxylic acids is 1. The van der Waals surface area contributed by atoms with Gasteiger partial charge in [-0.25, -0.2) is 4.98 Å². The second-order valence-electron chi connectivity index (χ2n) is 4.78. The Balaban J connectivity index is 2.64. The number of aliphatic carboxylic acids is 1. The molecule has 0 saturated heterocycles. The molecular weight excluding hydrogens is 266 g/mol. The highest BCUT2D eigenvalue weighted by molar-refractivity contribution is 7.13. The highest BCUT2D eigenvalue weighted by Gasteiger charge is 2.14. The monoisotopic (exact) mass is 285 g/mol. The van der Waals surface area contributed by atoms with Crippen molar-refractivity contribution >= 4 is 28.3 Å². The van der Waals surface area contributed by atoms with Crippen LogP contribution >= 0.6 is 11.3 Å². The fourth-order valence-electron chi connectivity index (χ4n) is 1.71. The van der Waals surface area contributed by atoms with Crippen LogP contribution in [0.3, 0.4) is 0 Å². The van der Waals surface area contributed by atoms with E-state index < -0.39 is 5.97 Å². The Labute approximate surface area is 116 Å². The number of thiazole rings is 1. The lowest BCUT2D eigenvalue weighted by atomic mass is 10.2. The molecule has 0 radical (unpaired) electrons. The van der Waals surface area contributed by atoms with Crippen molar-refractivity contribution in [2.45, 2.75) is 27.3 Å². The van der Waals surface area contributed by atoms with E-state index >= 15 is 0 Å². The van der Waals surface area contributed by atoms with Crippen LogP contribution in [-0.4, -0.2) is 40.0 Å². The maximum atomic E-state index is 10.9. The summed E-state index contributed by atoms with van der Waals surface area (Å²) in [7, 11) is 0. The summed E-state index contributed by atoms with van der Waals surface area (Å²) in [6, 6.07) is 0. The largest absolute Gasteiger partial charge is 0.480 e. The van der Waals surface area contributed by atoms with Crippen LogP contribution in [0.1, 0.15) is 26.5 Å². The highest BCUT2D eigenvalue weighted by Crippen LogP contribution is 2.17. The average Bonchev–Trinajstić information content (AvgIpc) is 2.61. The van der Waals surface area contributed by atoms with Gasteiger partial charge in [0.1, 0.15) is 0 Å². The maximum Gasteiger partial charge on any atom is 0.317 e. The molecule has 0 spiro atoms. The average molecular weight is 285 g/mol. The van der Waals surface area contributed by atoms with E-state index in [9.17, 15) is 9.59 Å². The van der Waals surface area contributed by atoms with E-state index in [1.54, 1.807) is 0 Å². The zero-order valence-electron chi connectivity index (χ0n) is 11.3. The zero-order valence-corrected chi connectivity index (χ0v) is 12.2. The number of hydrogen-bond acceptors (Lipinski definition) is 5. The van der Waals surface area contributed by atoms with Crippen LogP contribution < -0.4 is 5.32 Å². The minimum Gasteiger partial charge on any atom is -0.480 e. The van der Waals surface area contributed by atoms with Crippen molar-refractivity contribution in [3.63, 3.8) is 0 Å². The number of carboxylic acids is 1. The summed E-state index contributed by atoms with van der Waals surface area (Å²) in [5, 5.41) is 13.9. The van der Waals surface area contributed by atoms with Gasteiger partial charge in [-0.05, 0) is 5.92 Å². The van der Waals surface area contributed by atoms with Gasteiger partial charge in [0.05, 0.1) is 12.2 Å². The second kappa shape index (κ2) is 7.20. The van der Waals surface area contributed by atoms with Gasteiger partial charge in [0.15, 0.2) is 5.13 Å². The van der Waals surface area contributed by atoms with Crippen LogP contribution in [0, 0.1) is 5.92 Å². The van der Waals surface area contributed by atoms with E-state index in [2.05, 4.69) is 10.3 Å². The lowest BCUT2D eigenvalue weighted by Gasteiger charge is -2.21. The van der Waals surface area contributed by atoms with Gasteiger partial charge >= 0.3 is 5.97 Å². The number of aromatic nitrogens is 1. The third kappa shape index (κ3) is 6.30. The molecule has 2 N–H and O–H groups in total. The van der Waals surface area contributed by atoms with Gasteiger partial charge in [-0.2, -0.15) is 0 Å². The summed E-state index contributed by atoms with van der Waals surface area (Å²) in [4.78, 5) is 27.8. The van der Waals surface area contributed by atoms with E-state index in [1.807, 2.05) is 24.1 Å². The number of nitrogens with zero attached hydrogens (tertiary/aromatic N) is 2. The van der Waals surface area contributed by atoms with Crippen molar-refractivity contribution in [1.29, 1.82) is 0 Å². The Morgan fingerprint density at radius 3 is 2.74 bits per heavy atom. The molecule has 1 aromatic heterocycles. The van der Waals surface area contributed by atoms with E-state index in [1.165, 1.54) is 18.3 Å². The van der Waals surface area contributed by atoms with Gasteiger partial charge in [0.25, 0.3) is 0 Å². The smallest absolute Gasteiger partial charge is 0.317 e. The first kappa shape index (κ1) is 15.6. The first-order valence-electron chi connectivity index (χ1n) is 6.03. The Hall–Kier alpha value is -1.47. The lowest BCUT2D eigenvalue weighted by molar-refractivity contribution is -0.138. The van der Waals surface area contributed by atoms with Gasteiger partial charge in [-0.15, -0.1) is 11.3 Å². The molecule has 0 unspecified atom stereocenters. The molecule has 19 heavy (non-hydrogen) atoms. The van der Waals surface area contributed by atoms with Crippen LogP contribution in [0.5, 0.6) is 0 Å². The molecule has 6 nitrogen and oxygen atoms in total. The molecule has 0 aliphatic carbocycles. The molecule has 0 aliphatic rings. The van der Waals surface area contributed by atoms with Crippen LogP contribution in [0.15, 0.2) is 5.38 Å². The molecule has 1 rings (SSSR count). The van der Waals surface area contributed by atoms with Crippen LogP contribution in [0.4, 0.5) is 5.13 Å². The first-order valence-corrected chi connectivity index (χ1v) is 6.91. The normalized spacial score (nSPS) is 11.0. The number of rotatable bonds is 7. The summed E-state index contributed by atoms with van der Waals surface area (Å²) < 4.78 is 0. The minimum atomic E-state index is -0.849. The third-order valence-electron chi connectivity index (χ3n) is 2.20. The van der Waals surface area contributed by atoms with Crippen molar-refractivity contribution in [2.24, 2.45) is 5.92 Å². The van der Waals surface area contributed by atoms with E-state index in [-0.39, 0.29) is 12.5 Å². The Bertz CT molecular complexity index is 445. The van der Waals surface area contributed by atoms with Crippen molar-refractivity contribution in [2.75, 3.05) is 18.4 Å². The molecule has 0 aromatic carbocycles. The molecule has 106 valence electrons. The Morgan fingerprint density at radius 1 is 1.53 bits per heavy atom. The van der Waals surface area contributed by atoms with Gasteiger partial charge < -0.3 is 10.4 Å². The highest BCUT2D eigenvalue weighted by atomic mass is 32.1. The second-order valence-corrected chi connectivity index (χ2v) is 5.64. The van der Waals surface area contributed by atoms with Crippen molar-refractivity contribution < 1.29 is 14.7 Å². The number of amides is 1. The lowest BCUT2D eigenvalue weighted by Crippen LogP contribution is -2.32. The standard InChI is InChI=1S/C12H19N3O3S/c1-8(2)4-15(6-11(17)18)5-10-7-19-12(14-10)13-9(3)16/h7-8H,4-6H2,1-3H3,(H,17,18)(H,13,14,16). The predicted octanol–water partition coefficient (Wildman–Crippen LogP) is 1.64. The zero-order chi connectivity index (χ0) is 14.4. The maximum absolute atomic E-state index is 10.9. The van der Waals surface area contributed by atoms with Crippen molar-refractivity contribution in [3.8, 4) is 0 Å². The predicted molar refractivity (Wildman–Crippen MR) is 74.2 cm³/mol. The molecule has 0 aliphatic heterocycles. The number of nitrogens with one attached hydrogen (secondary N) is 1. The topological polar surface area (TPSA) is 82.5 Å². The van der Waals surface area contributed by atoms with Gasteiger partial charge in [-0.3, -0.25) is 14.5 Å². The SMILES string of the molecule is CC(=O)Nc1nc(CN(CC(=O)O)CC(C)C)cs1. The summed E-state index contributed by atoms with van der Waals surface area (Å²) in [6.45, 7) is 6.67. The fourth-order valence-corrected chi connectivity index (χ4v) is 2.46. The number of anilines is 1. The number of carbonyl (C=O) groups is 2. The van der Waals surface area contributed by atoms with Crippen LogP contribution in [-0.2, 0) is 16.1 Å². The third-order valence-corrected chi connectivity index (χ3v) is 3.01. The summed E-state index contributed by atoms with van der Waals surface area (Å²) in [5.41, 5.74) is 0.774. The molecule has 1 amide bonds. The quantitative estimate of drug-likeness (QED) is 0.796. The summed E-state index contributed by atoms with van der Waals surface area (Å²) in [5.74, 6) is -0.628. The van der Waals surface area contributed by atoms with Crippen LogP contribution in [0.25, 0.3) is 0 Å². The first-order chi connectivity index (χ1) is 8.86.